The highest BCUT2D eigenvalue weighted by atomic mass is 32.1. The lowest BCUT2D eigenvalue weighted by Gasteiger charge is -2.29. The number of rotatable bonds is 6. The van der Waals surface area contributed by atoms with Crippen LogP contribution in [0.5, 0.6) is 0 Å². The summed E-state index contributed by atoms with van der Waals surface area (Å²) in [5.41, 5.74) is 0. The molecule has 1 aliphatic rings. The van der Waals surface area contributed by atoms with E-state index in [1.807, 2.05) is 0 Å². The minimum atomic E-state index is 0.332. The Morgan fingerprint density at radius 1 is 0.875 bits per heavy atom. The van der Waals surface area contributed by atoms with Crippen molar-refractivity contribution in [3.05, 3.63) is 0 Å². The van der Waals surface area contributed by atoms with Crippen molar-refractivity contribution in [2.75, 3.05) is 13.2 Å². The fourth-order valence-corrected chi connectivity index (χ4v) is 2.09. The minimum absolute atomic E-state index is 0.332. The lowest BCUT2D eigenvalue weighted by Crippen LogP contribution is -2.28. The van der Waals surface area contributed by atoms with Gasteiger partial charge in [-0.05, 0) is 25.7 Å². The molecule has 2 atom stereocenters. The predicted molar refractivity (Wildman–Crippen MR) is 74.8 cm³/mol. The normalized spacial score (nSPS) is 30.0. The molecule has 0 amide bonds. The summed E-state index contributed by atoms with van der Waals surface area (Å²) in [7, 11) is 0. The van der Waals surface area contributed by atoms with Gasteiger partial charge in [0.25, 0.3) is 0 Å². The SMILES string of the molecule is CC(S)COC1CCC(OCC(C)S)CC1. The summed E-state index contributed by atoms with van der Waals surface area (Å²) in [4.78, 5) is 0. The Kier molecular flexibility index (Phi) is 7.20. The summed E-state index contributed by atoms with van der Waals surface area (Å²) in [6.45, 7) is 5.64. The van der Waals surface area contributed by atoms with Crippen LogP contribution in [0.1, 0.15) is 39.5 Å². The van der Waals surface area contributed by atoms with E-state index in [9.17, 15) is 0 Å². The smallest absolute Gasteiger partial charge is 0.0583 e. The second-order valence-electron chi connectivity index (χ2n) is 4.76. The van der Waals surface area contributed by atoms with Gasteiger partial charge in [-0.1, -0.05) is 13.8 Å². The minimum Gasteiger partial charge on any atom is -0.377 e. The van der Waals surface area contributed by atoms with Crippen molar-refractivity contribution in [1.29, 1.82) is 0 Å². The molecule has 0 aromatic heterocycles. The standard InChI is InChI=1S/C12H24O2S2/c1-9(15)7-13-11-3-5-12(6-4-11)14-8-10(2)16/h9-12,15-16H,3-8H2,1-2H3. The van der Waals surface area contributed by atoms with Crippen LogP contribution < -0.4 is 0 Å². The first kappa shape index (κ1) is 14.7. The van der Waals surface area contributed by atoms with E-state index in [0.717, 1.165) is 38.9 Å². The van der Waals surface area contributed by atoms with Crippen LogP contribution in [0.15, 0.2) is 0 Å². The van der Waals surface area contributed by atoms with Crippen molar-refractivity contribution in [2.24, 2.45) is 0 Å². The molecule has 0 aromatic rings. The average Bonchev–Trinajstić information content (AvgIpc) is 2.25. The molecule has 0 saturated heterocycles. The summed E-state index contributed by atoms with van der Waals surface area (Å²) < 4.78 is 11.5. The van der Waals surface area contributed by atoms with Crippen LogP contribution in [-0.4, -0.2) is 35.9 Å². The fourth-order valence-electron chi connectivity index (χ4n) is 1.92. The lowest BCUT2D eigenvalue weighted by molar-refractivity contribution is -0.0290. The van der Waals surface area contributed by atoms with E-state index in [4.69, 9.17) is 9.47 Å². The van der Waals surface area contributed by atoms with Gasteiger partial charge in [0.2, 0.25) is 0 Å². The quantitative estimate of drug-likeness (QED) is 0.719. The van der Waals surface area contributed by atoms with E-state index < -0.39 is 0 Å². The first-order valence-corrected chi connectivity index (χ1v) is 7.20. The monoisotopic (exact) mass is 264 g/mol. The molecule has 1 rings (SSSR count). The van der Waals surface area contributed by atoms with Gasteiger partial charge in [-0.25, -0.2) is 0 Å². The van der Waals surface area contributed by atoms with Gasteiger partial charge < -0.3 is 9.47 Å². The maximum absolute atomic E-state index is 5.77. The molecule has 1 fully saturated rings. The molecule has 0 radical (unpaired) electrons. The van der Waals surface area contributed by atoms with E-state index in [-0.39, 0.29) is 0 Å². The molecule has 1 aliphatic carbocycles. The largest absolute Gasteiger partial charge is 0.377 e. The van der Waals surface area contributed by atoms with Crippen LogP contribution in [0.3, 0.4) is 0 Å². The number of hydrogen-bond acceptors (Lipinski definition) is 4. The molecule has 0 bridgehead atoms. The Morgan fingerprint density at radius 3 is 1.44 bits per heavy atom. The van der Waals surface area contributed by atoms with Gasteiger partial charge in [-0.15, -0.1) is 0 Å². The molecule has 0 spiro atoms. The second kappa shape index (κ2) is 7.85. The van der Waals surface area contributed by atoms with Gasteiger partial charge in [0, 0.05) is 10.5 Å². The summed E-state index contributed by atoms with van der Waals surface area (Å²) in [6.07, 6.45) is 5.31. The zero-order chi connectivity index (χ0) is 12.0. The Labute approximate surface area is 110 Å². The van der Waals surface area contributed by atoms with Crippen LogP contribution in [0.4, 0.5) is 0 Å². The highest BCUT2D eigenvalue weighted by Crippen LogP contribution is 2.24. The molecule has 2 unspecified atom stereocenters. The summed E-state index contributed by atoms with van der Waals surface area (Å²) >= 11 is 8.63. The van der Waals surface area contributed by atoms with Crippen molar-refractivity contribution in [3.63, 3.8) is 0 Å². The van der Waals surface area contributed by atoms with Crippen LogP contribution >= 0.6 is 25.3 Å². The van der Waals surface area contributed by atoms with Crippen molar-refractivity contribution in [2.45, 2.75) is 62.2 Å². The van der Waals surface area contributed by atoms with Crippen molar-refractivity contribution in [1.82, 2.24) is 0 Å². The van der Waals surface area contributed by atoms with E-state index in [2.05, 4.69) is 39.1 Å². The second-order valence-corrected chi connectivity index (χ2v) is 6.53. The third-order valence-corrected chi connectivity index (χ3v) is 3.07. The van der Waals surface area contributed by atoms with Gasteiger partial charge in [0.05, 0.1) is 25.4 Å². The Morgan fingerprint density at radius 2 is 1.19 bits per heavy atom. The van der Waals surface area contributed by atoms with Gasteiger partial charge in [0.15, 0.2) is 0 Å². The molecular formula is C12H24O2S2. The van der Waals surface area contributed by atoms with E-state index in [0.29, 0.717) is 22.7 Å². The maximum Gasteiger partial charge on any atom is 0.0583 e. The predicted octanol–water partition coefficient (Wildman–Crippen LogP) is 2.97. The number of ether oxygens (including phenoxy) is 2. The third kappa shape index (κ3) is 6.38. The molecule has 16 heavy (non-hydrogen) atoms. The van der Waals surface area contributed by atoms with Crippen molar-refractivity contribution in [3.8, 4) is 0 Å². The summed E-state index contributed by atoms with van der Waals surface area (Å²) in [5, 5.41) is 0.665. The summed E-state index contributed by atoms with van der Waals surface area (Å²) in [5.74, 6) is 0. The average molecular weight is 264 g/mol. The Bertz CT molecular complexity index is 158. The van der Waals surface area contributed by atoms with Crippen LogP contribution in [0.2, 0.25) is 0 Å². The van der Waals surface area contributed by atoms with Crippen molar-refractivity contribution < 1.29 is 9.47 Å². The first-order valence-electron chi connectivity index (χ1n) is 6.17. The van der Waals surface area contributed by atoms with Crippen molar-refractivity contribution >= 4 is 25.3 Å². The highest BCUT2D eigenvalue weighted by Gasteiger charge is 2.22. The zero-order valence-corrected chi connectivity index (χ0v) is 12.1. The molecule has 0 N–H and O–H groups in total. The molecule has 0 aromatic carbocycles. The van der Waals surface area contributed by atoms with Crippen LogP contribution in [0, 0.1) is 0 Å². The number of thiol groups is 2. The van der Waals surface area contributed by atoms with Gasteiger partial charge in [-0.3, -0.25) is 0 Å². The Hall–Kier alpha value is 0.620. The molecule has 0 aliphatic heterocycles. The third-order valence-electron chi connectivity index (χ3n) is 2.77. The molecular weight excluding hydrogens is 240 g/mol. The topological polar surface area (TPSA) is 18.5 Å². The Balaban J connectivity index is 2.09. The molecule has 0 heterocycles. The first-order chi connectivity index (χ1) is 7.58. The number of hydrogen-bond donors (Lipinski definition) is 2. The van der Waals surface area contributed by atoms with E-state index in [1.54, 1.807) is 0 Å². The molecule has 2 nitrogen and oxygen atoms in total. The summed E-state index contributed by atoms with van der Waals surface area (Å²) in [6, 6.07) is 0. The zero-order valence-electron chi connectivity index (χ0n) is 10.3. The van der Waals surface area contributed by atoms with E-state index >= 15 is 0 Å². The van der Waals surface area contributed by atoms with Gasteiger partial charge in [0.1, 0.15) is 0 Å². The lowest BCUT2D eigenvalue weighted by atomic mass is 9.95. The molecule has 4 heteroatoms. The van der Waals surface area contributed by atoms with E-state index in [1.165, 1.54) is 0 Å². The highest BCUT2D eigenvalue weighted by molar-refractivity contribution is 7.81. The fraction of sp³-hybridized carbons (Fsp3) is 1.00. The van der Waals surface area contributed by atoms with Crippen LogP contribution in [0.25, 0.3) is 0 Å². The maximum atomic E-state index is 5.77. The van der Waals surface area contributed by atoms with Gasteiger partial charge >= 0.3 is 0 Å². The van der Waals surface area contributed by atoms with Gasteiger partial charge in [-0.2, -0.15) is 25.3 Å². The molecule has 96 valence electrons. The molecule has 1 saturated carbocycles. The van der Waals surface area contributed by atoms with Crippen LogP contribution in [-0.2, 0) is 9.47 Å².